The number of piperidine rings is 2. The molecule has 2 aliphatic rings. The first-order valence-corrected chi connectivity index (χ1v) is 7.92. The van der Waals surface area contributed by atoms with E-state index in [0.29, 0.717) is 37.1 Å². The van der Waals surface area contributed by atoms with Gasteiger partial charge in [0.15, 0.2) is 0 Å². The van der Waals surface area contributed by atoms with Gasteiger partial charge in [-0.05, 0) is 25.7 Å². The third kappa shape index (κ3) is 3.20. The number of aromatic nitrogens is 1. The molecule has 2 amide bonds. The van der Waals surface area contributed by atoms with E-state index >= 15 is 0 Å². The van der Waals surface area contributed by atoms with Gasteiger partial charge in [0, 0.05) is 44.2 Å². The molecule has 2 aliphatic heterocycles. The molecule has 0 saturated carbocycles. The van der Waals surface area contributed by atoms with Gasteiger partial charge in [0.05, 0.1) is 0 Å². The van der Waals surface area contributed by atoms with Crippen molar-refractivity contribution in [3.8, 4) is 11.8 Å². The number of carbonyl (C=O) groups is 2. The molecule has 0 spiro atoms. The summed E-state index contributed by atoms with van der Waals surface area (Å²) in [7, 11) is 0. The Labute approximate surface area is 133 Å². The molecular formula is C15H21N3O5. The molecule has 0 bridgehead atoms. The average molecular weight is 323 g/mol. The van der Waals surface area contributed by atoms with Crippen molar-refractivity contribution in [1.82, 2.24) is 14.5 Å². The first kappa shape index (κ1) is 15.5. The molecule has 0 aliphatic carbocycles. The monoisotopic (exact) mass is 323 g/mol. The lowest BCUT2D eigenvalue weighted by Crippen LogP contribution is -2.51. The molecule has 2 fully saturated rings. The summed E-state index contributed by atoms with van der Waals surface area (Å²) >= 11 is 0. The molecule has 2 N–H and O–H groups in total. The fourth-order valence-electron chi connectivity index (χ4n) is 3.20. The van der Waals surface area contributed by atoms with Crippen LogP contribution in [0.3, 0.4) is 0 Å². The van der Waals surface area contributed by atoms with Crippen molar-refractivity contribution in [2.75, 3.05) is 19.6 Å². The van der Waals surface area contributed by atoms with E-state index in [1.165, 1.54) is 17.0 Å². The van der Waals surface area contributed by atoms with Gasteiger partial charge in [0.2, 0.25) is 17.7 Å². The van der Waals surface area contributed by atoms with E-state index < -0.39 is 6.09 Å². The summed E-state index contributed by atoms with van der Waals surface area (Å²) in [6.07, 6.45) is 3.42. The Bertz CT molecular complexity index is 572. The number of likely N-dealkylation sites (tertiary alicyclic amines) is 2. The largest absolute Gasteiger partial charge is 0.492 e. The van der Waals surface area contributed by atoms with Crippen LogP contribution in [0.1, 0.15) is 32.1 Å². The van der Waals surface area contributed by atoms with E-state index in [1.807, 2.05) is 4.90 Å². The number of rotatable bonds is 2. The SMILES string of the molecule is O=C(On1c(O)ccc1O)N1CCC(N2CCCCC2=O)CC1. The van der Waals surface area contributed by atoms with Crippen LogP contribution in [-0.2, 0) is 4.79 Å². The quantitative estimate of drug-likeness (QED) is 0.844. The van der Waals surface area contributed by atoms with Crippen molar-refractivity contribution < 1.29 is 24.6 Å². The molecule has 1 aromatic rings. The summed E-state index contributed by atoms with van der Waals surface area (Å²) in [5.41, 5.74) is 0. The van der Waals surface area contributed by atoms with Crippen LogP contribution in [0.25, 0.3) is 0 Å². The van der Waals surface area contributed by atoms with Gasteiger partial charge >= 0.3 is 6.09 Å². The first-order valence-electron chi connectivity index (χ1n) is 7.92. The highest BCUT2D eigenvalue weighted by Crippen LogP contribution is 2.23. The summed E-state index contributed by atoms with van der Waals surface area (Å²) in [5, 5.41) is 19.0. The predicted molar refractivity (Wildman–Crippen MR) is 79.9 cm³/mol. The number of aromatic hydroxyl groups is 2. The minimum atomic E-state index is -0.629. The molecular weight excluding hydrogens is 302 g/mol. The first-order chi connectivity index (χ1) is 11.1. The second-order valence-corrected chi connectivity index (χ2v) is 5.96. The van der Waals surface area contributed by atoms with Gasteiger partial charge in [-0.25, -0.2) is 4.79 Å². The van der Waals surface area contributed by atoms with Crippen LogP contribution in [0.5, 0.6) is 11.8 Å². The van der Waals surface area contributed by atoms with E-state index in [-0.39, 0.29) is 23.7 Å². The van der Waals surface area contributed by atoms with Crippen molar-refractivity contribution in [2.45, 2.75) is 38.1 Å². The molecule has 3 rings (SSSR count). The van der Waals surface area contributed by atoms with Crippen LogP contribution >= 0.6 is 0 Å². The molecule has 8 heteroatoms. The maximum Gasteiger partial charge on any atom is 0.434 e. The van der Waals surface area contributed by atoms with Gasteiger partial charge in [-0.1, -0.05) is 0 Å². The zero-order valence-electron chi connectivity index (χ0n) is 12.8. The van der Waals surface area contributed by atoms with Gasteiger partial charge in [-0.3, -0.25) is 4.79 Å². The molecule has 3 heterocycles. The van der Waals surface area contributed by atoms with Crippen LogP contribution in [0.15, 0.2) is 12.1 Å². The molecule has 0 atom stereocenters. The van der Waals surface area contributed by atoms with Crippen LogP contribution in [0.4, 0.5) is 4.79 Å². The number of hydrogen-bond acceptors (Lipinski definition) is 5. The van der Waals surface area contributed by atoms with E-state index in [4.69, 9.17) is 4.84 Å². The highest BCUT2D eigenvalue weighted by Gasteiger charge is 2.31. The molecule has 23 heavy (non-hydrogen) atoms. The number of amides is 2. The van der Waals surface area contributed by atoms with E-state index in [9.17, 15) is 19.8 Å². The number of hydrogen-bond donors (Lipinski definition) is 2. The lowest BCUT2D eigenvalue weighted by atomic mass is 10.00. The molecule has 126 valence electrons. The third-order valence-corrected chi connectivity index (χ3v) is 4.49. The van der Waals surface area contributed by atoms with Gasteiger partial charge in [0.25, 0.3) is 0 Å². The maximum atomic E-state index is 12.1. The molecule has 2 saturated heterocycles. The van der Waals surface area contributed by atoms with Crippen LogP contribution in [0, 0.1) is 0 Å². The summed E-state index contributed by atoms with van der Waals surface area (Å²) in [5.74, 6) is -0.478. The van der Waals surface area contributed by atoms with Crippen molar-refractivity contribution in [3.63, 3.8) is 0 Å². The summed E-state index contributed by atoms with van der Waals surface area (Å²) in [6, 6.07) is 2.65. The zero-order chi connectivity index (χ0) is 16.4. The standard InChI is InChI=1S/C15H21N3O5/c19-12-3-1-2-8-17(12)11-6-9-16(10-7-11)15(22)23-18-13(20)4-5-14(18)21/h4-5,11,20-21H,1-3,6-10H2. The van der Waals surface area contributed by atoms with Gasteiger partial charge in [0.1, 0.15) is 0 Å². The van der Waals surface area contributed by atoms with Crippen LogP contribution < -0.4 is 4.84 Å². The minimum absolute atomic E-state index is 0.181. The molecule has 0 unspecified atom stereocenters. The van der Waals surface area contributed by atoms with E-state index in [1.54, 1.807) is 0 Å². The normalized spacial score (nSPS) is 19.9. The molecule has 8 nitrogen and oxygen atoms in total. The Hall–Kier alpha value is -2.38. The number of carbonyl (C=O) groups excluding carboxylic acids is 2. The minimum Gasteiger partial charge on any atom is -0.492 e. The van der Waals surface area contributed by atoms with Crippen molar-refractivity contribution in [2.24, 2.45) is 0 Å². The van der Waals surface area contributed by atoms with Crippen molar-refractivity contribution in [1.29, 1.82) is 0 Å². The highest BCUT2D eigenvalue weighted by atomic mass is 16.7. The van der Waals surface area contributed by atoms with E-state index in [2.05, 4.69) is 0 Å². The Morgan fingerprint density at radius 2 is 1.74 bits per heavy atom. The second kappa shape index (κ2) is 6.39. The smallest absolute Gasteiger partial charge is 0.434 e. The van der Waals surface area contributed by atoms with Gasteiger partial charge in [-0.2, -0.15) is 0 Å². The fourth-order valence-corrected chi connectivity index (χ4v) is 3.20. The maximum absolute atomic E-state index is 12.1. The summed E-state index contributed by atoms with van der Waals surface area (Å²) in [4.78, 5) is 32.5. The second-order valence-electron chi connectivity index (χ2n) is 5.96. The van der Waals surface area contributed by atoms with E-state index in [0.717, 1.165) is 19.4 Å². The number of nitrogens with zero attached hydrogens (tertiary/aromatic N) is 3. The molecule has 0 aromatic carbocycles. The zero-order valence-corrected chi connectivity index (χ0v) is 12.8. The molecule has 1 aromatic heterocycles. The van der Waals surface area contributed by atoms with Crippen LogP contribution in [-0.4, -0.2) is 62.4 Å². The summed E-state index contributed by atoms with van der Waals surface area (Å²) in [6.45, 7) is 1.77. The topological polar surface area (TPSA) is 95.2 Å². The Morgan fingerprint density at radius 1 is 1.09 bits per heavy atom. The highest BCUT2D eigenvalue weighted by molar-refractivity contribution is 5.77. The third-order valence-electron chi connectivity index (χ3n) is 4.49. The Balaban J connectivity index is 1.54. The Morgan fingerprint density at radius 3 is 2.35 bits per heavy atom. The lowest BCUT2D eigenvalue weighted by Gasteiger charge is -2.39. The van der Waals surface area contributed by atoms with Crippen molar-refractivity contribution in [3.05, 3.63) is 12.1 Å². The van der Waals surface area contributed by atoms with Crippen LogP contribution in [0.2, 0.25) is 0 Å². The average Bonchev–Trinajstić information content (AvgIpc) is 2.87. The van der Waals surface area contributed by atoms with Gasteiger partial charge in [-0.15, -0.1) is 4.73 Å². The Kier molecular flexibility index (Phi) is 4.31. The molecule has 0 radical (unpaired) electrons. The fraction of sp³-hybridized carbons (Fsp3) is 0.600. The summed E-state index contributed by atoms with van der Waals surface area (Å²) < 4.78 is 0.683. The lowest BCUT2D eigenvalue weighted by molar-refractivity contribution is -0.136. The van der Waals surface area contributed by atoms with Crippen molar-refractivity contribution >= 4 is 12.0 Å². The predicted octanol–water partition coefficient (Wildman–Crippen LogP) is 0.925. The van der Waals surface area contributed by atoms with Gasteiger partial charge < -0.3 is 24.9 Å².